The van der Waals surface area contributed by atoms with Gasteiger partial charge in [0.2, 0.25) is 0 Å². The summed E-state index contributed by atoms with van der Waals surface area (Å²) in [6, 6.07) is 3.80. The Morgan fingerprint density at radius 2 is 2.12 bits per heavy atom. The van der Waals surface area contributed by atoms with E-state index in [-0.39, 0.29) is 6.42 Å². The van der Waals surface area contributed by atoms with Crippen LogP contribution in [0.25, 0.3) is 0 Å². The molecule has 3 heteroatoms. The normalized spacial score (nSPS) is 10.5. The van der Waals surface area contributed by atoms with Gasteiger partial charge < -0.3 is 9.90 Å². The number of hydrogen-bond donors (Lipinski definition) is 0. The molecule has 0 aliphatic rings. The predicted molar refractivity (Wildman–Crippen MR) is 64.3 cm³/mol. The number of hydrogen-bond acceptors (Lipinski definition) is 2. The molecule has 1 heterocycles. The summed E-state index contributed by atoms with van der Waals surface area (Å²) in [7, 11) is 0. The van der Waals surface area contributed by atoms with Crippen molar-refractivity contribution in [2.24, 2.45) is 0 Å². The Hall–Kier alpha value is -1.38. The molecular formula is C14H21NO2. The van der Waals surface area contributed by atoms with E-state index < -0.39 is 5.97 Å². The molecule has 94 valence electrons. The van der Waals surface area contributed by atoms with E-state index in [2.05, 4.69) is 18.4 Å². The molecule has 0 saturated heterocycles. The largest absolute Gasteiger partial charge is 0.550 e. The molecule has 0 N–H and O–H groups in total. The van der Waals surface area contributed by atoms with Crippen LogP contribution in [0.15, 0.2) is 18.3 Å². The second-order valence-electron chi connectivity index (χ2n) is 4.28. The van der Waals surface area contributed by atoms with Gasteiger partial charge in [0, 0.05) is 36.9 Å². The van der Waals surface area contributed by atoms with Crippen molar-refractivity contribution in [3.63, 3.8) is 0 Å². The van der Waals surface area contributed by atoms with E-state index in [9.17, 15) is 9.90 Å². The van der Waals surface area contributed by atoms with Gasteiger partial charge in [-0.05, 0) is 12.5 Å². The fraction of sp³-hybridized carbons (Fsp3) is 0.571. The van der Waals surface area contributed by atoms with E-state index in [4.69, 9.17) is 0 Å². The molecule has 1 aromatic rings. The number of carbonyl (C=O) groups is 1. The van der Waals surface area contributed by atoms with Crippen LogP contribution in [0.4, 0.5) is 0 Å². The molecular weight excluding hydrogens is 214 g/mol. The topological polar surface area (TPSA) is 44.0 Å². The van der Waals surface area contributed by atoms with Crippen LogP contribution >= 0.6 is 0 Å². The Morgan fingerprint density at radius 3 is 2.71 bits per heavy atom. The maximum Gasteiger partial charge on any atom is 0.184 e. The molecule has 0 amide bonds. The highest BCUT2D eigenvalue weighted by Gasteiger charge is 2.13. The number of carboxylic acid groups (broad SMARTS) is 1. The van der Waals surface area contributed by atoms with E-state index >= 15 is 0 Å². The van der Waals surface area contributed by atoms with Crippen LogP contribution in [0.5, 0.6) is 0 Å². The van der Waals surface area contributed by atoms with Crippen LogP contribution in [0.1, 0.15) is 44.4 Å². The van der Waals surface area contributed by atoms with Crippen molar-refractivity contribution in [1.82, 2.24) is 0 Å². The van der Waals surface area contributed by atoms with E-state index in [1.54, 1.807) is 0 Å². The summed E-state index contributed by atoms with van der Waals surface area (Å²) in [6.45, 7) is 5.21. The first kappa shape index (κ1) is 13.7. The van der Waals surface area contributed by atoms with Gasteiger partial charge in [-0.3, -0.25) is 0 Å². The molecule has 17 heavy (non-hydrogen) atoms. The highest BCUT2D eigenvalue weighted by molar-refractivity contribution is 5.68. The average Bonchev–Trinajstić information content (AvgIpc) is 2.29. The number of nitrogens with zero attached hydrogens (tertiary/aromatic N) is 1. The molecule has 3 nitrogen and oxygen atoms in total. The van der Waals surface area contributed by atoms with Gasteiger partial charge in [-0.25, -0.2) is 4.57 Å². The summed E-state index contributed by atoms with van der Waals surface area (Å²) in [5, 5.41) is 10.7. The molecule has 0 fully saturated rings. The second-order valence-corrected chi connectivity index (χ2v) is 4.28. The Kier molecular flexibility index (Phi) is 5.67. The Balaban J connectivity index is 2.85. The van der Waals surface area contributed by atoms with Gasteiger partial charge in [-0.15, -0.1) is 0 Å². The summed E-state index contributed by atoms with van der Waals surface area (Å²) >= 11 is 0. The minimum Gasteiger partial charge on any atom is -0.550 e. The predicted octanol–water partition coefficient (Wildman–Crippen LogP) is 1.02. The number of carboxylic acids is 1. The van der Waals surface area contributed by atoms with Crippen LogP contribution in [0.2, 0.25) is 0 Å². The second kappa shape index (κ2) is 7.05. The molecule has 0 aromatic carbocycles. The summed E-state index contributed by atoms with van der Waals surface area (Å²) < 4.78 is 2.17. The first-order valence-corrected chi connectivity index (χ1v) is 6.39. The van der Waals surface area contributed by atoms with Crippen molar-refractivity contribution < 1.29 is 14.5 Å². The van der Waals surface area contributed by atoms with Gasteiger partial charge in [0.25, 0.3) is 0 Å². The molecule has 0 atom stereocenters. The molecule has 0 saturated carbocycles. The van der Waals surface area contributed by atoms with Crippen LogP contribution in [0.3, 0.4) is 0 Å². The van der Waals surface area contributed by atoms with Crippen LogP contribution in [-0.4, -0.2) is 5.97 Å². The monoisotopic (exact) mass is 235 g/mol. The van der Waals surface area contributed by atoms with Gasteiger partial charge >= 0.3 is 0 Å². The SMILES string of the molecule is CCCCC[n+]1cccc(CC(=O)[O-])c1CC. The summed E-state index contributed by atoms with van der Waals surface area (Å²) in [5.41, 5.74) is 2.00. The van der Waals surface area contributed by atoms with E-state index in [1.807, 2.05) is 18.3 Å². The van der Waals surface area contributed by atoms with Gasteiger partial charge in [0.15, 0.2) is 11.9 Å². The first-order valence-electron chi connectivity index (χ1n) is 6.39. The number of carbonyl (C=O) groups excluding carboxylic acids is 1. The van der Waals surface area contributed by atoms with Crippen molar-refractivity contribution in [2.75, 3.05) is 0 Å². The van der Waals surface area contributed by atoms with E-state index in [0.717, 1.165) is 30.6 Å². The number of rotatable bonds is 7. The number of unbranched alkanes of at least 4 members (excludes halogenated alkanes) is 2. The van der Waals surface area contributed by atoms with Gasteiger partial charge in [-0.1, -0.05) is 20.3 Å². The van der Waals surface area contributed by atoms with Crippen molar-refractivity contribution in [2.45, 2.75) is 52.5 Å². The minimum absolute atomic E-state index is 0.0117. The minimum atomic E-state index is -1.01. The molecule has 0 spiro atoms. The molecule has 0 unspecified atom stereocenters. The number of aryl methyl sites for hydroxylation is 1. The highest BCUT2D eigenvalue weighted by atomic mass is 16.4. The van der Waals surface area contributed by atoms with Crippen molar-refractivity contribution >= 4 is 5.97 Å². The maximum absolute atomic E-state index is 10.7. The third-order valence-corrected chi connectivity index (χ3v) is 2.95. The molecule has 1 rings (SSSR count). The molecule has 0 aliphatic carbocycles. The fourth-order valence-corrected chi connectivity index (χ4v) is 2.12. The smallest absolute Gasteiger partial charge is 0.184 e. The third kappa shape index (κ3) is 4.17. The lowest BCUT2D eigenvalue weighted by molar-refractivity contribution is -0.704. The lowest BCUT2D eigenvalue weighted by Gasteiger charge is -2.08. The standard InChI is InChI=1S/C14H21NO2/c1-3-5-6-9-15-10-7-8-12(11-14(16)17)13(15)4-2/h7-8,10H,3-6,9,11H2,1-2H3. The lowest BCUT2D eigenvalue weighted by atomic mass is 10.1. The summed E-state index contributed by atoms with van der Waals surface area (Å²) in [4.78, 5) is 10.7. The van der Waals surface area contributed by atoms with Crippen LogP contribution in [-0.2, 0) is 24.2 Å². The first-order chi connectivity index (χ1) is 8.19. The molecule has 0 aliphatic heterocycles. The third-order valence-electron chi connectivity index (χ3n) is 2.95. The van der Waals surface area contributed by atoms with Gasteiger partial charge in [0.1, 0.15) is 6.54 Å². The Morgan fingerprint density at radius 1 is 1.35 bits per heavy atom. The maximum atomic E-state index is 10.7. The molecule has 0 radical (unpaired) electrons. The zero-order valence-corrected chi connectivity index (χ0v) is 10.7. The van der Waals surface area contributed by atoms with Gasteiger partial charge in [-0.2, -0.15) is 0 Å². The zero-order valence-electron chi connectivity index (χ0n) is 10.7. The number of aromatic nitrogens is 1. The van der Waals surface area contributed by atoms with E-state index in [1.165, 1.54) is 12.8 Å². The number of pyridine rings is 1. The Bertz CT molecular complexity index is 374. The average molecular weight is 235 g/mol. The summed E-state index contributed by atoms with van der Waals surface area (Å²) in [6.07, 6.45) is 6.45. The number of aliphatic carboxylic acids is 1. The molecule has 1 aromatic heterocycles. The lowest BCUT2D eigenvalue weighted by Crippen LogP contribution is -2.40. The van der Waals surface area contributed by atoms with Gasteiger partial charge in [0.05, 0.1) is 0 Å². The fourth-order valence-electron chi connectivity index (χ4n) is 2.12. The van der Waals surface area contributed by atoms with Crippen molar-refractivity contribution in [1.29, 1.82) is 0 Å². The van der Waals surface area contributed by atoms with Crippen molar-refractivity contribution in [3.8, 4) is 0 Å². The highest BCUT2D eigenvalue weighted by Crippen LogP contribution is 2.06. The van der Waals surface area contributed by atoms with E-state index in [0.29, 0.717) is 0 Å². The van der Waals surface area contributed by atoms with Crippen LogP contribution in [0, 0.1) is 0 Å². The zero-order chi connectivity index (χ0) is 12.7. The van der Waals surface area contributed by atoms with Crippen LogP contribution < -0.4 is 9.67 Å². The quantitative estimate of drug-likeness (QED) is 0.523. The Labute approximate surface area is 103 Å². The molecule has 0 bridgehead atoms. The van der Waals surface area contributed by atoms with Crippen molar-refractivity contribution in [3.05, 3.63) is 29.6 Å². The summed E-state index contributed by atoms with van der Waals surface area (Å²) in [5.74, 6) is -1.01.